The van der Waals surface area contributed by atoms with E-state index in [9.17, 15) is 0 Å². The second-order valence-electron chi connectivity index (χ2n) is 10.2. The topological polar surface area (TPSA) is 33.6 Å². The van der Waals surface area contributed by atoms with E-state index in [1.807, 2.05) is 6.20 Å². The highest BCUT2D eigenvalue weighted by Crippen LogP contribution is 2.38. The lowest BCUT2D eigenvalue weighted by Gasteiger charge is -2.23. The number of aromatic amines is 1. The molecule has 2 heterocycles. The SMILES string of the molecule is CC(C)c1cc(-c2ccccc2)cc(C(C)C)c1-n1ccnc1-c1ccc2[nH]c3ccccc3c2c1. The van der Waals surface area contributed by atoms with Crippen molar-refractivity contribution < 1.29 is 0 Å². The second kappa shape index (κ2) is 8.83. The fourth-order valence-corrected chi connectivity index (χ4v) is 5.32. The summed E-state index contributed by atoms with van der Waals surface area (Å²) in [5.74, 6) is 1.71. The Morgan fingerprint density at radius 1 is 0.639 bits per heavy atom. The Kier molecular flexibility index (Phi) is 5.49. The molecule has 3 heteroatoms. The molecule has 0 spiro atoms. The van der Waals surface area contributed by atoms with Gasteiger partial charge in [-0.05, 0) is 70.5 Å². The van der Waals surface area contributed by atoms with Gasteiger partial charge < -0.3 is 4.98 Å². The lowest BCUT2D eigenvalue weighted by Crippen LogP contribution is -2.08. The van der Waals surface area contributed by atoms with Crippen molar-refractivity contribution in [2.75, 3.05) is 0 Å². The van der Waals surface area contributed by atoms with Crippen LogP contribution in [0.3, 0.4) is 0 Å². The normalized spacial score (nSPS) is 11.8. The molecule has 0 aliphatic rings. The number of para-hydroxylation sites is 1. The molecule has 0 bridgehead atoms. The third-order valence-corrected chi connectivity index (χ3v) is 7.17. The van der Waals surface area contributed by atoms with Crippen LogP contribution in [0.1, 0.15) is 50.7 Å². The summed E-state index contributed by atoms with van der Waals surface area (Å²) in [6, 6.07) is 30.5. The predicted molar refractivity (Wildman–Crippen MR) is 152 cm³/mol. The van der Waals surface area contributed by atoms with Gasteiger partial charge in [0.1, 0.15) is 5.82 Å². The molecule has 6 aromatic rings. The lowest BCUT2D eigenvalue weighted by molar-refractivity contribution is 0.807. The van der Waals surface area contributed by atoms with Crippen LogP contribution in [0.25, 0.3) is 50.0 Å². The summed E-state index contributed by atoms with van der Waals surface area (Å²) in [4.78, 5) is 8.41. The van der Waals surface area contributed by atoms with E-state index in [0.29, 0.717) is 11.8 Å². The highest BCUT2D eigenvalue weighted by molar-refractivity contribution is 6.08. The predicted octanol–water partition coefficient (Wildman–Crippen LogP) is 9.09. The molecule has 0 atom stereocenters. The maximum Gasteiger partial charge on any atom is 0.144 e. The van der Waals surface area contributed by atoms with Crippen LogP contribution in [0.5, 0.6) is 0 Å². The van der Waals surface area contributed by atoms with Crippen LogP contribution in [-0.4, -0.2) is 14.5 Å². The summed E-state index contributed by atoms with van der Waals surface area (Å²) in [7, 11) is 0. The summed E-state index contributed by atoms with van der Waals surface area (Å²) in [5.41, 5.74) is 9.89. The molecule has 2 aromatic heterocycles. The molecule has 0 amide bonds. The van der Waals surface area contributed by atoms with Gasteiger partial charge in [-0.25, -0.2) is 4.98 Å². The first-order valence-corrected chi connectivity index (χ1v) is 12.8. The number of hydrogen-bond acceptors (Lipinski definition) is 1. The standard InChI is InChI=1S/C33H31N3/c1-21(2)27-19-25(23-10-6-5-7-11-23)20-28(22(3)4)32(27)36-17-16-34-33(36)24-14-15-31-29(18-24)26-12-8-9-13-30(26)35-31/h5-22,35H,1-4H3. The third-order valence-electron chi connectivity index (χ3n) is 7.17. The first-order valence-electron chi connectivity index (χ1n) is 12.8. The van der Waals surface area contributed by atoms with E-state index in [1.165, 1.54) is 38.7 Å². The molecular weight excluding hydrogens is 438 g/mol. The van der Waals surface area contributed by atoms with Crippen molar-refractivity contribution >= 4 is 21.8 Å². The van der Waals surface area contributed by atoms with Crippen LogP contribution in [0.4, 0.5) is 0 Å². The van der Waals surface area contributed by atoms with Gasteiger partial charge >= 0.3 is 0 Å². The molecule has 1 N–H and O–H groups in total. The third kappa shape index (κ3) is 3.72. The summed E-state index contributed by atoms with van der Waals surface area (Å²) in [6.07, 6.45) is 4.04. The van der Waals surface area contributed by atoms with E-state index in [0.717, 1.165) is 22.4 Å². The maximum atomic E-state index is 4.87. The van der Waals surface area contributed by atoms with Crippen LogP contribution in [0.15, 0.2) is 97.3 Å². The van der Waals surface area contributed by atoms with Crippen LogP contribution in [0, 0.1) is 0 Å². The van der Waals surface area contributed by atoms with Gasteiger partial charge in [0, 0.05) is 39.8 Å². The van der Waals surface area contributed by atoms with Gasteiger partial charge in [0.15, 0.2) is 0 Å². The van der Waals surface area contributed by atoms with E-state index < -0.39 is 0 Å². The lowest BCUT2D eigenvalue weighted by atomic mass is 9.88. The smallest absolute Gasteiger partial charge is 0.144 e. The molecule has 0 radical (unpaired) electrons. The zero-order valence-electron chi connectivity index (χ0n) is 21.3. The van der Waals surface area contributed by atoms with Crippen molar-refractivity contribution in [3.8, 4) is 28.2 Å². The zero-order chi connectivity index (χ0) is 24.8. The molecule has 3 nitrogen and oxygen atoms in total. The minimum atomic E-state index is 0.368. The Balaban J connectivity index is 1.57. The number of aromatic nitrogens is 3. The van der Waals surface area contributed by atoms with E-state index in [2.05, 4.69) is 128 Å². The van der Waals surface area contributed by atoms with Gasteiger partial charge in [-0.15, -0.1) is 0 Å². The van der Waals surface area contributed by atoms with Crippen LogP contribution in [0.2, 0.25) is 0 Å². The van der Waals surface area contributed by atoms with Crippen molar-refractivity contribution in [2.45, 2.75) is 39.5 Å². The average molecular weight is 470 g/mol. The van der Waals surface area contributed by atoms with Gasteiger partial charge in [0.2, 0.25) is 0 Å². The second-order valence-corrected chi connectivity index (χ2v) is 10.2. The molecule has 178 valence electrons. The first kappa shape index (κ1) is 22.4. The molecule has 36 heavy (non-hydrogen) atoms. The fraction of sp³-hybridized carbons (Fsp3) is 0.182. The molecule has 0 saturated carbocycles. The Bertz CT molecular complexity index is 1650. The van der Waals surface area contributed by atoms with Crippen molar-refractivity contribution in [3.63, 3.8) is 0 Å². The van der Waals surface area contributed by atoms with Gasteiger partial charge in [-0.1, -0.05) is 76.2 Å². The number of H-pyrrole nitrogens is 1. The number of nitrogens with one attached hydrogen (secondary N) is 1. The van der Waals surface area contributed by atoms with Crippen molar-refractivity contribution in [1.29, 1.82) is 0 Å². The maximum absolute atomic E-state index is 4.87. The Hall–Kier alpha value is -4.11. The molecule has 0 aliphatic carbocycles. The van der Waals surface area contributed by atoms with Crippen LogP contribution >= 0.6 is 0 Å². The number of fused-ring (bicyclic) bond motifs is 3. The van der Waals surface area contributed by atoms with Crippen molar-refractivity contribution in [1.82, 2.24) is 14.5 Å². The first-order chi connectivity index (χ1) is 17.5. The average Bonchev–Trinajstić information content (AvgIpc) is 3.53. The summed E-state index contributed by atoms with van der Waals surface area (Å²) in [6.45, 7) is 9.14. The molecule has 0 unspecified atom stereocenters. The number of nitrogens with zero attached hydrogens (tertiary/aromatic N) is 2. The Morgan fingerprint density at radius 2 is 1.31 bits per heavy atom. The van der Waals surface area contributed by atoms with Crippen LogP contribution < -0.4 is 0 Å². The zero-order valence-corrected chi connectivity index (χ0v) is 21.3. The summed E-state index contributed by atoms with van der Waals surface area (Å²) >= 11 is 0. The summed E-state index contributed by atoms with van der Waals surface area (Å²) in [5, 5.41) is 2.47. The highest BCUT2D eigenvalue weighted by Gasteiger charge is 2.21. The highest BCUT2D eigenvalue weighted by atomic mass is 15.1. The van der Waals surface area contributed by atoms with Gasteiger partial charge in [0.25, 0.3) is 0 Å². The Labute approximate surface area is 212 Å². The van der Waals surface area contributed by atoms with E-state index >= 15 is 0 Å². The molecule has 0 saturated heterocycles. The molecule has 0 fully saturated rings. The van der Waals surface area contributed by atoms with E-state index in [4.69, 9.17) is 4.98 Å². The summed E-state index contributed by atoms with van der Waals surface area (Å²) < 4.78 is 2.30. The van der Waals surface area contributed by atoms with E-state index in [1.54, 1.807) is 0 Å². The van der Waals surface area contributed by atoms with Crippen molar-refractivity contribution in [2.24, 2.45) is 0 Å². The molecule has 0 aliphatic heterocycles. The minimum Gasteiger partial charge on any atom is -0.355 e. The quantitative estimate of drug-likeness (QED) is 0.268. The minimum absolute atomic E-state index is 0.368. The number of imidazole rings is 1. The van der Waals surface area contributed by atoms with Gasteiger partial charge in [-0.2, -0.15) is 0 Å². The Morgan fingerprint density at radius 3 is 2.03 bits per heavy atom. The number of hydrogen-bond donors (Lipinski definition) is 1. The van der Waals surface area contributed by atoms with Gasteiger partial charge in [-0.3, -0.25) is 4.57 Å². The van der Waals surface area contributed by atoms with Gasteiger partial charge in [0.05, 0.1) is 5.69 Å². The molecule has 6 rings (SSSR count). The van der Waals surface area contributed by atoms with E-state index in [-0.39, 0.29) is 0 Å². The monoisotopic (exact) mass is 469 g/mol. The largest absolute Gasteiger partial charge is 0.355 e. The van der Waals surface area contributed by atoms with Crippen molar-refractivity contribution in [3.05, 3.63) is 108 Å². The number of benzene rings is 4. The fourth-order valence-electron chi connectivity index (χ4n) is 5.32. The van der Waals surface area contributed by atoms with Crippen LogP contribution in [-0.2, 0) is 0 Å². The number of rotatable bonds is 5. The molecular formula is C33H31N3. The molecule has 4 aromatic carbocycles.